The summed E-state index contributed by atoms with van der Waals surface area (Å²) in [5.41, 5.74) is 1.08. The molecule has 1 atom stereocenters. The molecule has 0 radical (unpaired) electrons. The van der Waals surface area contributed by atoms with Gasteiger partial charge in [-0.25, -0.2) is 0 Å². The summed E-state index contributed by atoms with van der Waals surface area (Å²) >= 11 is 0. The van der Waals surface area contributed by atoms with Gasteiger partial charge in [0.05, 0.1) is 6.54 Å². The third-order valence-corrected chi connectivity index (χ3v) is 2.33. The third-order valence-electron chi connectivity index (χ3n) is 2.33. The van der Waals surface area contributed by atoms with Crippen molar-refractivity contribution in [1.82, 2.24) is 5.32 Å². The van der Waals surface area contributed by atoms with Crippen LogP contribution in [0.5, 0.6) is 0 Å². The number of para-hydroxylation sites is 1. The molecule has 1 unspecified atom stereocenters. The van der Waals surface area contributed by atoms with Crippen molar-refractivity contribution in [2.45, 2.75) is 6.04 Å². The van der Waals surface area contributed by atoms with Gasteiger partial charge in [-0.15, -0.1) is 6.58 Å². The Morgan fingerprint density at radius 3 is 2.80 bits per heavy atom. The average molecular weight is 201 g/mol. The van der Waals surface area contributed by atoms with Crippen LogP contribution in [0.1, 0.15) is 0 Å². The molecule has 1 aromatic rings. The van der Waals surface area contributed by atoms with Crippen LogP contribution in [-0.2, 0) is 0 Å². The normalized spacial score (nSPS) is 16.4. The van der Waals surface area contributed by atoms with Gasteiger partial charge >= 0.3 is 0 Å². The molecular weight excluding hydrogens is 186 g/mol. The molecule has 0 saturated carbocycles. The molecule has 15 heavy (non-hydrogen) atoms. The third kappa shape index (κ3) is 2.37. The summed E-state index contributed by atoms with van der Waals surface area (Å²) in [6.45, 7) is 5.60. The van der Waals surface area contributed by atoms with Crippen LogP contribution in [0.2, 0.25) is 0 Å². The monoisotopic (exact) mass is 201 g/mol. The maximum atomic E-state index is 4.37. The van der Waals surface area contributed by atoms with Crippen molar-refractivity contribution in [3.8, 4) is 0 Å². The Kier molecular flexibility index (Phi) is 3.02. The largest absolute Gasteiger partial charge is 0.372 e. The lowest BCUT2D eigenvalue weighted by atomic mass is 10.2. The molecule has 3 nitrogen and oxygen atoms in total. The highest BCUT2D eigenvalue weighted by Gasteiger charge is 2.14. The lowest BCUT2D eigenvalue weighted by molar-refractivity contribution is 0.946. The van der Waals surface area contributed by atoms with Gasteiger partial charge in [-0.1, -0.05) is 24.3 Å². The van der Waals surface area contributed by atoms with Crippen molar-refractivity contribution >= 4 is 11.5 Å². The van der Waals surface area contributed by atoms with E-state index in [4.69, 9.17) is 0 Å². The number of nitrogens with one attached hydrogen (secondary N) is 2. The molecule has 0 aromatic heterocycles. The van der Waals surface area contributed by atoms with E-state index in [-0.39, 0.29) is 6.04 Å². The Balaban J connectivity index is 2.05. The van der Waals surface area contributed by atoms with Crippen molar-refractivity contribution in [2.24, 2.45) is 4.99 Å². The Bertz CT molecular complexity index is 356. The highest BCUT2D eigenvalue weighted by Crippen LogP contribution is 2.08. The van der Waals surface area contributed by atoms with E-state index in [0.29, 0.717) is 0 Å². The van der Waals surface area contributed by atoms with Gasteiger partial charge in [0.25, 0.3) is 0 Å². The second-order valence-corrected chi connectivity index (χ2v) is 3.42. The molecule has 2 rings (SSSR count). The predicted molar refractivity (Wildman–Crippen MR) is 64.4 cm³/mol. The highest BCUT2D eigenvalue weighted by molar-refractivity contribution is 5.92. The number of nitrogens with zero attached hydrogens (tertiary/aromatic N) is 1. The quantitative estimate of drug-likeness (QED) is 0.727. The number of anilines is 1. The second kappa shape index (κ2) is 4.64. The summed E-state index contributed by atoms with van der Waals surface area (Å²) in [4.78, 5) is 4.37. The number of amidine groups is 1. The fourth-order valence-electron chi connectivity index (χ4n) is 1.58. The molecule has 78 valence electrons. The fraction of sp³-hybridized carbons (Fsp3) is 0.250. The smallest absolute Gasteiger partial charge is 0.123 e. The van der Waals surface area contributed by atoms with Crippen LogP contribution in [0.15, 0.2) is 48.0 Å². The van der Waals surface area contributed by atoms with Crippen molar-refractivity contribution < 1.29 is 0 Å². The summed E-state index contributed by atoms with van der Waals surface area (Å²) < 4.78 is 0. The van der Waals surface area contributed by atoms with Gasteiger partial charge in [0.15, 0.2) is 0 Å². The Labute approximate surface area is 89.9 Å². The van der Waals surface area contributed by atoms with Crippen LogP contribution < -0.4 is 10.6 Å². The first-order valence-corrected chi connectivity index (χ1v) is 5.12. The van der Waals surface area contributed by atoms with Crippen molar-refractivity contribution in [3.05, 3.63) is 43.0 Å². The van der Waals surface area contributed by atoms with Crippen molar-refractivity contribution in [2.75, 3.05) is 18.4 Å². The van der Waals surface area contributed by atoms with Gasteiger partial charge in [-0.3, -0.25) is 4.99 Å². The van der Waals surface area contributed by atoms with Gasteiger partial charge < -0.3 is 10.6 Å². The van der Waals surface area contributed by atoms with Crippen molar-refractivity contribution in [3.63, 3.8) is 0 Å². The molecule has 0 amide bonds. The van der Waals surface area contributed by atoms with Gasteiger partial charge in [0.1, 0.15) is 11.9 Å². The molecule has 0 bridgehead atoms. The predicted octanol–water partition coefficient (Wildman–Crippen LogP) is 1.65. The molecule has 0 saturated heterocycles. The van der Waals surface area contributed by atoms with E-state index in [1.807, 2.05) is 36.4 Å². The van der Waals surface area contributed by atoms with E-state index in [9.17, 15) is 0 Å². The Morgan fingerprint density at radius 1 is 1.40 bits per heavy atom. The zero-order chi connectivity index (χ0) is 10.5. The highest BCUT2D eigenvalue weighted by atomic mass is 15.1. The second-order valence-electron chi connectivity index (χ2n) is 3.42. The van der Waals surface area contributed by atoms with E-state index in [2.05, 4.69) is 22.2 Å². The summed E-state index contributed by atoms with van der Waals surface area (Å²) in [6.07, 6.45) is 1.87. The lowest BCUT2D eigenvalue weighted by Gasteiger charge is -2.16. The number of aliphatic imine (C=N–C) groups is 1. The van der Waals surface area contributed by atoms with Crippen LogP contribution in [0.4, 0.5) is 5.69 Å². The fourth-order valence-corrected chi connectivity index (χ4v) is 1.58. The zero-order valence-corrected chi connectivity index (χ0v) is 8.61. The molecule has 2 N–H and O–H groups in total. The number of hydrogen-bond acceptors (Lipinski definition) is 3. The topological polar surface area (TPSA) is 36.4 Å². The lowest BCUT2D eigenvalue weighted by Crippen LogP contribution is -2.35. The van der Waals surface area contributed by atoms with Crippen LogP contribution >= 0.6 is 0 Å². The van der Waals surface area contributed by atoms with Gasteiger partial charge in [0.2, 0.25) is 0 Å². The van der Waals surface area contributed by atoms with E-state index >= 15 is 0 Å². The molecule has 1 heterocycles. The zero-order valence-electron chi connectivity index (χ0n) is 8.61. The van der Waals surface area contributed by atoms with E-state index in [0.717, 1.165) is 24.6 Å². The number of rotatable bonds is 4. The van der Waals surface area contributed by atoms with E-state index in [1.54, 1.807) is 0 Å². The van der Waals surface area contributed by atoms with Crippen LogP contribution in [0.3, 0.4) is 0 Å². The van der Waals surface area contributed by atoms with Crippen LogP contribution in [-0.4, -0.2) is 25.0 Å². The molecule has 3 heteroatoms. The molecular formula is C12H15N3. The van der Waals surface area contributed by atoms with E-state index in [1.165, 1.54) is 0 Å². The minimum atomic E-state index is 0.0786. The molecule has 1 aromatic carbocycles. The van der Waals surface area contributed by atoms with Crippen LogP contribution in [0, 0.1) is 0 Å². The number of hydrogen-bond donors (Lipinski definition) is 2. The summed E-state index contributed by atoms with van der Waals surface area (Å²) in [6, 6.07) is 10.2. The standard InChI is InChI=1S/C12H15N3/c1-2-11(12-13-8-9-14-12)15-10-6-4-3-5-7-10/h2-7,11,15H,1,8-9H2,(H,13,14). The van der Waals surface area contributed by atoms with E-state index < -0.39 is 0 Å². The molecule has 1 aliphatic heterocycles. The summed E-state index contributed by atoms with van der Waals surface area (Å²) in [5.74, 6) is 0.980. The Hall–Kier alpha value is -1.77. The molecule has 0 fully saturated rings. The minimum absolute atomic E-state index is 0.0786. The average Bonchev–Trinajstić information content (AvgIpc) is 2.81. The van der Waals surface area contributed by atoms with Crippen molar-refractivity contribution in [1.29, 1.82) is 0 Å². The van der Waals surface area contributed by atoms with Gasteiger partial charge in [-0.05, 0) is 12.1 Å². The maximum Gasteiger partial charge on any atom is 0.123 e. The summed E-state index contributed by atoms with van der Waals surface area (Å²) in [7, 11) is 0. The first-order valence-electron chi connectivity index (χ1n) is 5.12. The number of benzene rings is 1. The van der Waals surface area contributed by atoms with Gasteiger partial charge in [-0.2, -0.15) is 0 Å². The van der Waals surface area contributed by atoms with Crippen LogP contribution in [0.25, 0.3) is 0 Å². The molecule has 0 spiro atoms. The minimum Gasteiger partial charge on any atom is -0.372 e. The Morgan fingerprint density at radius 2 is 2.20 bits per heavy atom. The molecule has 1 aliphatic rings. The first kappa shape index (κ1) is 9.77. The first-order chi connectivity index (χ1) is 7.40. The molecule has 0 aliphatic carbocycles. The van der Waals surface area contributed by atoms with Gasteiger partial charge in [0, 0.05) is 12.2 Å². The SMILES string of the molecule is C=CC(Nc1ccccc1)C1=NCCN1. The summed E-state index contributed by atoms with van der Waals surface area (Å²) in [5, 5.41) is 6.60. The maximum absolute atomic E-state index is 4.37.